The molecule has 0 aromatic rings. The maximum absolute atomic E-state index is 13.2. The Hall–Kier alpha value is -0.830. The predicted molar refractivity (Wildman–Crippen MR) is 55.6 cm³/mol. The second-order valence-corrected chi connectivity index (χ2v) is 3.85. The maximum atomic E-state index is 13.2. The molecule has 1 saturated heterocycles. The molecule has 78 valence electrons. The van der Waals surface area contributed by atoms with Gasteiger partial charge >= 0.3 is 0 Å². The van der Waals surface area contributed by atoms with E-state index >= 15 is 0 Å². The summed E-state index contributed by atoms with van der Waals surface area (Å²) in [6.07, 6.45) is 6.42. The molecule has 0 aromatic carbocycles. The monoisotopic (exact) mass is 196 g/mol. The molecule has 1 fully saturated rings. The molecule has 14 heavy (non-hydrogen) atoms. The predicted octanol–water partition coefficient (Wildman–Crippen LogP) is 1.81. The Morgan fingerprint density at radius 3 is 2.86 bits per heavy atom. The van der Waals surface area contributed by atoms with Gasteiger partial charge in [-0.25, -0.2) is 4.39 Å². The molecule has 1 heterocycles. The standard InChI is InChI=1S/C11H17FN2/c12-10-3-1-2-4-11(9-10)14-7-5-13-6-8-14/h4,9,13H,1-3,5-8H2. The zero-order valence-electron chi connectivity index (χ0n) is 8.43. The number of rotatable bonds is 1. The van der Waals surface area contributed by atoms with E-state index in [2.05, 4.69) is 16.3 Å². The zero-order valence-corrected chi connectivity index (χ0v) is 8.43. The Balaban J connectivity index is 2.06. The Bertz CT molecular complexity index is 252. The van der Waals surface area contributed by atoms with Crippen molar-refractivity contribution < 1.29 is 4.39 Å². The van der Waals surface area contributed by atoms with E-state index in [0.717, 1.165) is 44.7 Å². The van der Waals surface area contributed by atoms with Crippen molar-refractivity contribution in [1.29, 1.82) is 0 Å². The van der Waals surface area contributed by atoms with Gasteiger partial charge in [-0.2, -0.15) is 0 Å². The summed E-state index contributed by atoms with van der Waals surface area (Å²) in [5, 5.41) is 3.30. The van der Waals surface area contributed by atoms with Crippen LogP contribution < -0.4 is 5.32 Å². The molecule has 1 N–H and O–H groups in total. The number of allylic oxidation sites excluding steroid dienone is 3. The normalized spacial score (nSPS) is 23.9. The first-order valence-corrected chi connectivity index (χ1v) is 5.38. The minimum Gasteiger partial charge on any atom is -0.369 e. The van der Waals surface area contributed by atoms with E-state index < -0.39 is 0 Å². The summed E-state index contributed by atoms with van der Waals surface area (Å²) in [5.41, 5.74) is 1.08. The molecule has 1 aliphatic heterocycles. The van der Waals surface area contributed by atoms with Gasteiger partial charge in [0.2, 0.25) is 0 Å². The van der Waals surface area contributed by atoms with Gasteiger partial charge in [0.1, 0.15) is 5.83 Å². The molecule has 0 radical (unpaired) electrons. The number of nitrogens with one attached hydrogen (secondary N) is 1. The van der Waals surface area contributed by atoms with Crippen LogP contribution in [0.2, 0.25) is 0 Å². The highest BCUT2D eigenvalue weighted by Gasteiger charge is 2.13. The summed E-state index contributed by atoms with van der Waals surface area (Å²) in [6, 6.07) is 0. The average molecular weight is 196 g/mol. The minimum absolute atomic E-state index is 0.0345. The molecule has 2 nitrogen and oxygen atoms in total. The smallest absolute Gasteiger partial charge is 0.102 e. The fourth-order valence-corrected chi connectivity index (χ4v) is 1.96. The fourth-order valence-electron chi connectivity index (χ4n) is 1.96. The molecule has 0 aromatic heterocycles. The maximum Gasteiger partial charge on any atom is 0.102 e. The van der Waals surface area contributed by atoms with Crippen LogP contribution in [0.15, 0.2) is 23.7 Å². The molecule has 3 heteroatoms. The first kappa shape index (κ1) is 9.71. The highest BCUT2D eigenvalue weighted by molar-refractivity contribution is 5.22. The number of hydrogen-bond acceptors (Lipinski definition) is 2. The van der Waals surface area contributed by atoms with Crippen LogP contribution in [0.4, 0.5) is 4.39 Å². The molecule has 0 unspecified atom stereocenters. The highest BCUT2D eigenvalue weighted by atomic mass is 19.1. The summed E-state index contributed by atoms with van der Waals surface area (Å²) in [7, 11) is 0. The SMILES string of the molecule is FC1=CC(N2CCNCC2)=CCCC1. The fraction of sp³-hybridized carbons (Fsp3) is 0.636. The largest absolute Gasteiger partial charge is 0.369 e. The summed E-state index contributed by atoms with van der Waals surface area (Å²) >= 11 is 0. The van der Waals surface area contributed by atoms with Crippen molar-refractivity contribution in [1.82, 2.24) is 10.2 Å². The van der Waals surface area contributed by atoms with Crippen LogP contribution in [-0.2, 0) is 0 Å². The van der Waals surface area contributed by atoms with Crippen molar-refractivity contribution in [3.8, 4) is 0 Å². The van der Waals surface area contributed by atoms with Crippen LogP contribution in [0.1, 0.15) is 19.3 Å². The van der Waals surface area contributed by atoms with Crippen molar-refractivity contribution in [2.75, 3.05) is 26.2 Å². The number of nitrogens with zero attached hydrogens (tertiary/aromatic N) is 1. The summed E-state index contributed by atoms with van der Waals surface area (Å²) in [6.45, 7) is 4.00. The van der Waals surface area contributed by atoms with Crippen molar-refractivity contribution >= 4 is 0 Å². The highest BCUT2D eigenvalue weighted by Crippen LogP contribution is 2.20. The molecular weight excluding hydrogens is 179 g/mol. The molecule has 0 bridgehead atoms. The van der Waals surface area contributed by atoms with Gasteiger partial charge < -0.3 is 10.2 Å². The first-order valence-electron chi connectivity index (χ1n) is 5.38. The lowest BCUT2D eigenvalue weighted by atomic mass is 10.2. The van der Waals surface area contributed by atoms with E-state index in [1.54, 1.807) is 6.08 Å². The van der Waals surface area contributed by atoms with E-state index in [1.165, 1.54) is 0 Å². The van der Waals surface area contributed by atoms with E-state index in [0.29, 0.717) is 6.42 Å². The van der Waals surface area contributed by atoms with Gasteiger partial charge in [0.05, 0.1) is 0 Å². The lowest BCUT2D eigenvalue weighted by molar-refractivity contribution is 0.306. The summed E-state index contributed by atoms with van der Waals surface area (Å²) in [5.74, 6) is 0.0345. The summed E-state index contributed by atoms with van der Waals surface area (Å²) < 4.78 is 13.2. The summed E-state index contributed by atoms with van der Waals surface area (Å²) in [4.78, 5) is 2.27. The Kier molecular flexibility index (Phi) is 3.19. The third kappa shape index (κ3) is 2.35. The van der Waals surface area contributed by atoms with E-state index in [9.17, 15) is 4.39 Å². The minimum atomic E-state index is 0.0345. The van der Waals surface area contributed by atoms with Crippen molar-refractivity contribution in [3.05, 3.63) is 23.7 Å². The number of piperazine rings is 1. The second kappa shape index (κ2) is 4.60. The quantitative estimate of drug-likeness (QED) is 0.688. The molecule has 0 atom stereocenters. The number of halogens is 1. The Labute approximate surface area is 84.5 Å². The lowest BCUT2D eigenvalue weighted by Crippen LogP contribution is -2.42. The zero-order chi connectivity index (χ0) is 9.80. The van der Waals surface area contributed by atoms with Crippen LogP contribution in [-0.4, -0.2) is 31.1 Å². The van der Waals surface area contributed by atoms with Gasteiger partial charge in [-0.1, -0.05) is 6.08 Å². The topological polar surface area (TPSA) is 15.3 Å². The van der Waals surface area contributed by atoms with Crippen LogP contribution >= 0.6 is 0 Å². The molecule has 0 spiro atoms. The molecule has 2 aliphatic rings. The molecule has 0 saturated carbocycles. The van der Waals surface area contributed by atoms with Crippen LogP contribution in [0.5, 0.6) is 0 Å². The second-order valence-electron chi connectivity index (χ2n) is 3.85. The van der Waals surface area contributed by atoms with Gasteiger partial charge in [0, 0.05) is 31.9 Å². The average Bonchev–Trinajstić information content (AvgIpc) is 2.44. The van der Waals surface area contributed by atoms with E-state index in [1.807, 2.05) is 0 Å². The molecule has 1 aliphatic carbocycles. The first-order chi connectivity index (χ1) is 6.86. The molecular formula is C11H17FN2. The van der Waals surface area contributed by atoms with E-state index in [4.69, 9.17) is 0 Å². The Morgan fingerprint density at radius 1 is 1.29 bits per heavy atom. The van der Waals surface area contributed by atoms with Gasteiger partial charge in [-0.05, 0) is 25.3 Å². The van der Waals surface area contributed by atoms with Crippen LogP contribution in [0.25, 0.3) is 0 Å². The lowest BCUT2D eigenvalue weighted by Gasteiger charge is -2.30. The number of hydrogen-bond donors (Lipinski definition) is 1. The molecule has 0 amide bonds. The third-order valence-corrected chi connectivity index (χ3v) is 2.76. The van der Waals surface area contributed by atoms with Crippen molar-refractivity contribution in [2.24, 2.45) is 0 Å². The van der Waals surface area contributed by atoms with Gasteiger partial charge in [0.25, 0.3) is 0 Å². The van der Waals surface area contributed by atoms with Gasteiger partial charge in [-0.15, -0.1) is 0 Å². The van der Waals surface area contributed by atoms with E-state index in [-0.39, 0.29) is 5.83 Å². The van der Waals surface area contributed by atoms with Crippen LogP contribution in [0.3, 0.4) is 0 Å². The van der Waals surface area contributed by atoms with Crippen molar-refractivity contribution in [3.63, 3.8) is 0 Å². The molecule has 2 rings (SSSR count). The van der Waals surface area contributed by atoms with Gasteiger partial charge in [-0.3, -0.25) is 0 Å². The third-order valence-electron chi connectivity index (χ3n) is 2.76. The van der Waals surface area contributed by atoms with Crippen molar-refractivity contribution in [2.45, 2.75) is 19.3 Å². The van der Waals surface area contributed by atoms with Crippen LogP contribution in [0, 0.1) is 0 Å². The van der Waals surface area contributed by atoms with Gasteiger partial charge in [0.15, 0.2) is 0 Å². The Morgan fingerprint density at radius 2 is 2.07 bits per heavy atom.